The Labute approximate surface area is 107 Å². The molecule has 4 heteroatoms. The third kappa shape index (κ3) is 2.82. The van der Waals surface area contributed by atoms with Crippen molar-refractivity contribution < 1.29 is 14.6 Å². The van der Waals surface area contributed by atoms with Gasteiger partial charge in [0.25, 0.3) is 5.91 Å². The highest BCUT2D eigenvalue weighted by Crippen LogP contribution is 2.28. The van der Waals surface area contributed by atoms with Gasteiger partial charge in [0.15, 0.2) is 0 Å². The zero-order chi connectivity index (χ0) is 13.1. The molecule has 1 saturated carbocycles. The van der Waals surface area contributed by atoms with Crippen LogP contribution in [-0.2, 0) is 0 Å². The number of methoxy groups -OCH3 is 1. The highest BCUT2D eigenvalue weighted by molar-refractivity contribution is 5.94. The first kappa shape index (κ1) is 12.9. The molecule has 4 nitrogen and oxygen atoms in total. The minimum absolute atomic E-state index is 0.00436. The summed E-state index contributed by atoms with van der Waals surface area (Å²) in [4.78, 5) is 13.9. The van der Waals surface area contributed by atoms with Crippen LogP contribution in [0.4, 0.5) is 0 Å². The van der Waals surface area contributed by atoms with Crippen molar-refractivity contribution in [2.45, 2.75) is 18.9 Å². The summed E-state index contributed by atoms with van der Waals surface area (Å²) in [6.45, 7) is 0.701. The lowest BCUT2D eigenvalue weighted by molar-refractivity contribution is 0.0265. The monoisotopic (exact) mass is 249 g/mol. The van der Waals surface area contributed by atoms with E-state index in [9.17, 15) is 9.90 Å². The summed E-state index contributed by atoms with van der Waals surface area (Å²) in [5, 5.41) is 9.24. The molecule has 0 radical (unpaired) electrons. The highest BCUT2D eigenvalue weighted by Gasteiger charge is 2.29. The molecule has 1 aromatic rings. The van der Waals surface area contributed by atoms with Crippen LogP contribution in [0.1, 0.15) is 23.2 Å². The molecule has 0 saturated heterocycles. The standard InChI is InChI=1S/C14H19NO3/c1-15(9-10-6-12(16)7-10)14(17)11-4-3-5-13(8-11)18-2/h3-5,8,10,12,16H,6-7,9H2,1-2H3. The number of hydrogen-bond donors (Lipinski definition) is 1. The molecule has 1 aliphatic rings. The molecule has 18 heavy (non-hydrogen) atoms. The Morgan fingerprint density at radius 1 is 1.50 bits per heavy atom. The maximum Gasteiger partial charge on any atom is 0.253 e. The van der Waals surface area contributed by atoms with Gasteiger partial charge in [0.2, 0.25) is 0 Å². The third-order valence-corrected chi connectivity index (χ3v) is 3.41. The summed E-state index contributed by atoms with van der Waals surface area (Å²) in [6.07, 6.45) is 1.43. The molecule has 1 aliphatic carbocycles. The zero-order valence-electron chi connectivity index (χ0n) is 10.8. The van der Waals surface area contributed by atoms with E-state index >= 15 is 0 Å². The van der Waals surface area contributed by atoms with Crippen molar-refractivity contribution in [3.05, 3.63) is 29.8 Å². The van der Waals surface area contributed by atoms with E-state index in [4.69, 9.17) is 4.74 Å². The van der Waals surface area contributed by atoms with E-state index in [1.54, 1.807) is 31.2 Å². The minimum Gasteiger partial charge on any atom is -0.497 e. The van der Waals surface area contributed by atoms with Gasteiger partial charge >= 0.3 is 0 Å². The molecule has 98 valence electrons. The average molecular weight is 249 g/mol. The fourth-order valence-electron chi connectivity index (χ4n) is 2.30. The van der Waals surface area contributed by atoms with Crippen LogP contribution >= 0.6 is 0 Å². The van der Waals surface area contributed by atoms with Crippen molar-refractivity contribution in [3.8, 4) is 5.75 Å². The summed E-state index contributed by atoms with van der Waals surface area (Å²) < 4.78 is 5.11. The number of rotatable bonds is 4. The van der Waals surface area contributed by atoms with Gasteiger partial charge in [-0.15, -0.1) is 0 Å². The van der Waals surface area contributed by atoms with Crippen LogP contribution in [0.2, 0.25) is 0 Å². The van der Waals surface area contributed by atoms with E-state index in [0.717, 1.165) is 12.8 Å². The summed E-state index contributed by atoms with van der Waals surface area (Å²) in [6, 6.07) is 7.16. The van der Waals surface area contributed by atoms with Crippen molar-refractivity contribution in [2.75, 3.05) is 20.7 Å². The number of aliphatic hydroxyl groups is 1. The Hall–Kier alpha value is -1.55. The predicted octanol–water partition coefficient (Wildman–Crippen LogP) is 1.54. The molecule has 1 N–H and O–H groups in total. The third-order valence-electron chi connectivity index (χ3n) is 3.41. The molecular formula is C14H19NO3. The maximum atomic E-state index is 12.2. The molecule has 1 fully saturated rings. The molecule has 2 rings (SSSR count). The molecule has 0 aromatic heterocycles. The number of carbonyl (C=O) groups is 1. The van der Waals surface area contributed by atoms with Gasteiger partial charge < -0.3 is 14.7 Å². The van der Waals surface area contributed by atoms with Crippen molar-refractivity contribution in [1.29, 1.82) is 0 Å². The fraction of sp³-hybridized carbons (Fsp3) is 0.500. The lowest BCUT2D eigenvalue weighted by Crippen LogP contribution is -2.39. The quantitative estimate of drug-likeness (QED) is 0.880. The van der Waals surface area contributed by atoms with Crippen molar-refractivity contribution in [1.82, 2.24) is 4.90 Å². The van der Waals surface area contributed by atoms with Crippen LogP contribution < -0.4 is 4.74 Å². The molecule has 0 heterocycles. The SMILES string of the molecule is COc1cccc(C(=O)N(C)CC2CC(O)C2)c1. The minimum atomic E-state index is -0.171. The second-order valence-corrected chi connectivity index (χ2v) is 4.91. The van der Waals surface area contributed by atoms with E-state index in [2.05, 4.69) is 0 Å². The Morgan fingerprint density at radius 3 is 2.83 bits per heavy atom. The van der Waals surface area contributed by atoms with Crippen LogP contribution in [0.5, 0.6) is 5.75 Å². The summed E-state index contributed by atoms with van der Waals surface area (Å²) in [7, 11) is 3.38. The Bertz CT molecular complexity index is 427. The van der Waals surface area contributed by atoms with Gasteiger partial charge in [0, 0.05) is 19.2 Å². The van der Waals surface area contributed by atoms with Crippen LogP contribution in [0.15, 0.2) is 24.3 Å². The van der Waals surface area contributed by atoms with E-state index in [1.807, 2.05) is 12.1 Å². The maximum absolute atomic E-state index is 12.2. The Balaban J connectivity index is 1.96. The van der Waals surface area contributed by atoms with Crippen molar-refractivity contribution >= 4 is 5.91 Å². The van der Waals surface area contributed by atoms with Gasteiger partial charge in [-0.25, -0.2) is 0 Å². The number of carbonyl (C=O) groups excluding carboxylic acids is 1. The van der Waals surface area contributed by atoms with E-state index in [1.165, 1.54) is 0 Å². The summed E-state index contributed by atoms with van der Waals surface area (Å²) >= 11 is 0. The summed E-state index contributed by atoms with van der Waals surface area (Å²) in [5.41, 5.74) is 0.636. The molecule has 0 atom stereocenters. The topological polar surface area (TPSA) is 49.8 Å². The first-order valence-electron chi connectivity index (χ1n) is 6.17. The Morgan fingerprint density at radius 2 is 2.22 bits per heavy atom. The van der Waals surface area contributed by atoms with Crippen LogP contribution in [0, 0.1) is 5.92 Å². The average Bonchev–Trinajstić information content (AvgIpc) is 2.36. The van der Waals surface area contributed by atoms with Gasteiger partial charge in [-0.2, -0.15) is 0 Å². The zero-order valence-corrected chi connectivity index (χ0v) is 10.8. The van der Waals surface area contributed by atoms with Gasteiger partial charge in [0.05, 0.1) is 13.2 Å². The van der Waals surface area contributed by atoms with Crippen molar-refractivity contribution in [2.24, 2.45) is 5.92 Å². The first-order chi connectivity index (χ1) is 8.60. The number of ether oxygens (including phenoxy) is 1. The number of amides is 1. The molecule has 0 spiro atoms. The van der Waals surface area contributed by atoms with Gasteiger partial charge in [-0.1, -0.05) is 6.07 Å². The van der Waals surface area contributed by atoms with Crippen LogP contribution in [-0.4, -0.2) is 42.7 Å². The van der Waals surface area contributed by atoms with E-state index < -0.39 is 0 Å². The van der Waals surface area contributed by atoms with Gasteiger partial charge in [-0.3, -0.25) is 4.79 Å². The molecule has 0 unspecified atom stereocenters. The van der Waals surface area contributed by atoms with Gasteiger partial charge in [-0.05, 0) is 37.0 Å². The second kappa shape index (κ2) is 5.40. The van der Waals surface area contributed by atoms with Crippen LogP contribution in [0.3, 0.4) is 0 Å². The normalized spacial score (nSPS) is 22.2. The number of aliphatic hydroxyl groups excluding tert-OH is 1. The molecule has 1 aromatic carbocycles. The highest BCUT2D eigenvalue weighted by atomic mass is 16.5. The van der Waals surface area contributed by atoms with E-state index in [0.29, 0.717) is 23.8 Å². The van der Waals surface area contributed by atoms with Gasteiger partial charge in [0.1, 0.15) is 5.75 Å². The molecule has 1 amide bonds. The van der Waals surface area contributed by atoms with Crippen molar-refractivity contribution in [3.63, 3.8) is 0 Å². The largest absolute Gasteiger partial charge is 0.497 e. The second-order valence-electron chi connectivity index (χ2n) is 4.91. The smallest absolute Gasteiger partial charge is 0.253 e. The lowest BCUT2D eigenvalue weighted by atomic mass is 9.82. The molecule has 0 bridgehead atoms. The first-order valence-corrected chi connectivity index (χ1v) is 6.17. The fourth-order valence-corrected chi connectivity index (χ4v) is 2.30. The predicted molar refractivity (Wildman–Crippen MR) is 68.7 cm³/mol. The van der Waals surface area contributed by atoms with Crippen LogP contribution in [0.25, 0.3) is 0 Å². The molecular weight excluding hydrogens is 230 g/mol. The number of benzene rings is 1. The van der Waals surface area contributed by atoms with E-state index in [-0.39, 0.29) is 12.0 Å². The number of hydrogen-bond acceptors (Lipinski definition) is 3. The lowest BCUT2D eigenvalue weighted by Gasteiger charge is -2.34. The Kier molecular flexibility index (Phi) is 3.87. The molecule has 0 aliphatic heterocycles. The summed E-state index contributed by atoms with van der Waals surface area (Å²) in [5.74, 6) is 1.11. The number of nitrogens with zero attached hydrogens (tertiary/aromatic N) is 1.